The Morgan fingerprint density at radius 3 is 2.62 bits per heavy atom. The Morgan fingerprint density at radius 2 is 2.03 bits per heavy atom. The first-order valence-corrected chi connectivity index (χ1v) is 11.8. The van der Waals surface area contributed by atoms with Gasteiger partial charge in [-0.3, -0.25) is 14.4 Å². The fourth-order valence-corrected chi connectivity index (χ4v) is 6.69. The topological polar surface area (TPSA) is 132 Å². The number of ketones is 1. The molecule has 6 atom stereocenters. The highest BCUT2D eigenvalue weighted by molar-refractivity contribution is 6.19. The Bertz CT molecular complexity index is 1020. The van der Waals surface area contributed by atoms with Gasteiger partial charge in [0.1, 0.15) is 12.0 Å². The lowest BCUT2D eigenvalue weighted by atomic mass is 9.44. The van der Waals surface area contributed by atoms with Gasteiger partial charge in [-0.2, -0.15) is 0 Å². The minimum atomic E-state index is -1.78. The number of furan rings is 1. The second-order valence-electron chi connectivity index (χ2n) is 9.53. The summed E-state index contributed by atoms with van der Waals surface area (Å²) in [4.78, 5) is 37.7. The van der Waals surface area contributed by atoms with Crippen molar-refractivity contribution in [1.29, 1.82) is 0 Å². The van der Waals surface area contributed by atoms with Gasteiger partial charge >= 0.3 is 11.9 Å². The summed E-state index contributed by atoms with van der Waals surface area (Å²) in [6.07, 6.45) is 2.62. The van der Waals surface area contributed by atoms with E-state index in [1.54, 1.807) is 13.0 Å². The molecule has 0 amide bonds. The summed E-state index contributed by atoms with van der Waals surface area (Å²) < 4.78 is 22.4. The number of carbonyl (C=O) groups excluding carboxylic acids is 3. The average molecular weight is 497 g/mol. The van der Waals surface area contributed by atoms with Crippen molar-refractivity contribution in [3.63, 3.8) is 0 Å². The maximum Gasteiger partial charge on any atom is 0.304 e. The van der Waals surface area contributed by atoms with Gasteiger partial charge in [-0.05, 0) is 43.7 Å². The molecule has 0 radical (unpaired) electrons. The maximum atomic E-state index is 13.8. The Labute approximate surface area is 202 Å². The summed E-state index contributed by atoms with van der Waals surface area (Å²) in [5.41, 5.74) is -3.72. The van der Waals surface area contributed by atoms with Crippen LogP contribution >= 0.6 is 11.6 Å². The first-order chi connectivity index (χ1) is 16.0. The Hall–Kier alpha value is -2.36. The molecule has 1 aromatic heterocycles. The summed E-state index contributed by atoms with van der Waals surface area (Å²) in [5.74, 6) is -3.57. The summed E-state index contributed by atoms with van der Waals surface area (Å²) in [6.45, 7) is 3.58. The second kappa shape index (κ2) is 8.70. The van der Waals surface area contributed by atoms with Crippen molar-refractivity contribution in [2.75, 3.05) is 12.5 Å². The molecule has 1 aliphatic heterocycles. The van der Waals surface area contributed by atoms with Gasteiger partial charge in [0.15, 0.2) is 5.76 Å². The number of aliphatic hydroxyl groups is 2. The third kappa shape index (κ3) is 3.39. The Kier molecular flexibility index (Phi) is 6.33. The molecule has 2 aliphatic carbocycles. The molecule has 1 saturated carbocycles. The lowest BCUT2D eigenvalue weighted by Gasteiger charge is -2.60. The van der Waals surface area contributed by atoms with Crippen LogP contribution in [-0.4, -0.2) is 52.3 Å². The third-order valence-electron chi connectivity index (χ3n) is 7.95. The van der Waals surface area contributed by atoms with Gasteiger partial charge in [0, 0.05) is 19.4 Å². The predicted molar refractivity (Wildman–Crippen MR) is 118 cm³/mol. The number of hydrogen-bond donors (Lipinski definition) is 2. The van der Waals surface area contributed by atoms with E-state index in [2.05, 4.69) is 0 Å². The number of allylic oxidation sites excluding steroid dienone is 1. The van der Waals surface area contributed by atoms with Gasteiger partial charge < -0.3 is 28.8 Å². The van der Waals surface area contributed by atoms with Gasteiger partial charge in [-0.15, -0.1) is 11.6 Å². The fraction of sp³-hybridized carbons (Fsp3) is 0.625. The van der Waals surface area contributed by atoms with E-state index < -0.39 is 64.8 Å². The molecule has 4 rings (SSSR count). The largest absolute Gasteiger partial charge is 0.504 e. The molecule has 0 aromatic carbocycles. The fourth-order valence-electron chi connectivity index (χ4n) is 6.32. The van der Waals surface area contributed by atoms with Crippen LogP contribution in [0, 0.1) is 16.7 Å². The van der Waals surface area contributed by atoms with E-state index in [0.29, 0.717) is 24.0 Å². The number of esters is 2. The van der Waals surface area contributed by atoms with Crippen molar-refractivity contribution in [2.45, 2.75) is 64.4 Å². The number of rotatable bonds is 5. The standard InChI is InChI=1S/C24H29ClO9/c1-13-19(28)20(29)24(12-32-14(2)26)18(5-4-7-22(24,30)11-25)23(13)9-17(16-6-8-31-10-16)34-21(23)33-15(3)27/h6,8,10,17-18,21,28,30H,4-5,7,9,11-12H2,1-3H3/t17-,18+,21+,22-,23+,24-/m0/s1. The van der Waals surface area contributed by atoms with E-state index in [-0.39, 0.29) is 18.7 Å². The number of aliphatic hydroxyl groups excluding tert-OH is 1. The number of hydrogen-bond acceptors (Lipinski definition) is 9. The van der Waals surface area contributed by atoms with E-state index in [0.717, 1.165) is 0 Å². The van der Waals surface area contributed by atoms with Crippen LogP contribution in [0.3, 0.4) is 0 Å². The molecule has 3 aliphatic rings. The van der Waals surface area contributed by atoms with Gasteiger partial charge in [0.25, 0.3) is 0 Å². The predicted octanol–water partition coefficient (Wildman–Crippen LogP) is 3.35. The average Bonchev–Trinajstić information content (AvgIpc) is 3.44. The highest BCUT2D eigenvalue weighted by atomic mass is 35.5. The van der Waals surface area contributed by atoms with E-state index in [1.165, 1.54) is 26.4 Å². The molecule has 0 bridgehead atoms. The molecule has 9 nitrogen and oxygen atoms in total. The molecule has 2 fully saturated rings. The van der Waals surface area contributed by atoms with Crippen molar-refractivity contribution in [3.05, 3.63) is 35.5 Å². The molecular weight excluding hydrogens is 468 g/mol. The second-order valence-corrected chi connectivity index (χ2v) is 9.80. The lowest BCUT2D eigenvalue weighted by molar-refractivity contribution is -0.228. The minimum absolute atomic E-state index is 0.173. The van der Waals surface area contributed by atoms with Crippen molar-refractivity contribution < 1.29 is 43.2 Å². The number of Topliss-reactive ketones (excluding diaryl/α,β-unsaturated/α-hetero) is 1. The van der Waals surface area contributed by atoms with Crippen LogP contribution in [0.1, 0.15) is 58.1 Å². The highest BCUT2D eigenvalue weighted by Gasteiger charge is 2.74. The quantitative estimate of drug-likeness (QED) is 0.465. The zero-order valence-electron chi connectivity index (χ0n) is 19.3. The number of fused-ring (bicyclic) bond motifs is 2. The van der Waals surface area contributed by atoms with Gasteiger partial charge in [0.2, 0.25) is 12.1 Å². The zero-order valence-corrected chi connectivity index (χ0v) is 20.1. The summed E-state index contributed by atoms with van der Waals surface area (Å²) in [5, 5.41) is 22.9. The van der Waals surface area contributed by atoms with Gasteiger partial charge in [0.05, 0.1) is 35.5 Å². The molecule has 1 aromatic rings. The molecule has 186 valence electrons. The van der Waals surface area contributed by atoms with Gasteiger partial charge in [-0.25, -0.2) is 0 Å². The molecule has 0 unspecified atom stereocenters. The van der Waals surface area contributed by atoms with Crippen LogP contribution < -0.4 is 0 Å². The van der Waals surface area contributed by atoms with Crippen molar-refractivity contribution in [1.82, 2.24) is 0 Å². The van der Waals surface area contributed by atoms with E-state index in [1.807, 2.05) is 0 Å². The summed E-state index contributed by atoms with van der Waals surface area (Å²) in [7, 11) is 0. The highest BCUT2D eigenvalue weighted by Crippen LogP contribution is 2.67. The Morgan fingerprint density at radius 1 is 1.29 bits per heavy atom. The van der Waals surface area contributed by atoms with Crippen molar-refractivity contribution in [3.8, 4) is 0 Å². The number of carbonyl (C=O) groups is 3. The van der Waals surface area contributed by atoms with Crippen molar-refractivity contribution >= 4 is 29.3 Å². The molecule has 2 heterocycles. The van der Waals surface area contributed by atoms with Crippen LogP contribution in [0.4, 0.5) is 0 Å². The summed E-state index contributed by atoms with van der Waals surface area (Å²) in [6, 6.07) is 1.73. The monoisotopic (exact) mass is 496 g/mol. The van der Waals surface area contributed by atoms with Crippen LogP contribution in [0.15, 0.2) is 34.3 Å². The zero-order chi connectivity index (χ0) is 24.9. The number of halogens is 1. The lowest BCUT2D eigenvalue weighted by Crippen LogP contribution is -2.70. The maximum absolute atomic E-state index is 13.8. The summed E-state index contributed by atoms with van der Waals surface area (Å²) >= 11 is 6.25. The Balaban J connectivity index is 1.96. The number of ether oxygens (including phenoxy) is 3. The van der Waals surface area contributed by atoms with E-state index in [9.17, 15) is 24.6 Å². The SMILES string of the molecule is CC(=O)OC[C@@]12C(=O)C(O)=C(C)[C@]3(C[C@@H](c4ccoc4)O[C@H]3OC(C)=O)[C@H]1CCC[C@]2(O)CCl. The molecular formula is C24H29ClO9. The molecule has 2 N–H and O–H groups in total. The first-order valence-electron chi connectivity index (χ1n) is 11.2. The number of alkyl halides is 1. The third-order valence-corrected chi connectivity index (χ3v) is 8.39. The molecule has 34 heavy (non-hydrogen) atoms. The van der Waals surface area contributed by atoms with Crippen LogP contribution in [-0.2, 0) is 28.6 Å². The smallest absolute Gasteiger partial charge is 0.304 e. The first kappa shape index (κ1) is 24.8. The van der Waals surface area contributed by atoms with Gasteiger partial charge in [-0.1, -0.05) is 6.42 Å². The van der Waals surface area contributed by atoms with Crippen molar-refractivity contribution in [2.24, 2.45) is 16.7 Å². The molecule has 1 saturated heterocycles. The molecule has 1 spiro atoms. The van der Waals surface area contributed by atoms with E-state index >= 15 is 0 Å². The normalized spacial score (nSPS) is 37.6. The minimum Gasteiger partial charge on any atom is -0.504 e. The van der Waals surface area contributed by atoms with Crippen LogP contribution in [0.25, 0.3) is 0 Å². The van der Waals surface area contributed by atoms with Crippen LogP contribution in [0.5, 0.6) is 0 Å². The molecule has 10 heteroatoms. The van der Waals surface area contributed by atoms with Crippen LogP contribution in [0.2, 0.25) is 0 Å². The van der Waals surface area contributed by atoms with E-state index in [4.69, 9.17) is 30.2 Å².